The quantitative estimate of drug-likeness (QED) is 0.868. The van der Waals surface area contributed by atoms with Gasteiger partial charge in [0.2, 0.25) is 0 Å². The predicted molar refractivity (Wildman–Crippen MR) is 72.4 cm³/mol. The van der Waals surface area contributed by atoms with E-state index in [4.69, 9.17) is 5.11 Å². The van der Waals surface area contributed by atoms with E-state index in [1.54, 1.807) is 37.1 Å². The van der Waals surface area contributed by atoms with Crippen LogP contribution >= 0.6 is 0 Å². The van der Waals surface area contributed by atoms with E-state index in [9.17, 15) is 14.7 Å². The number of carboxylic acid groups (broad SMARTS) is 1. The molecule has 0 aliphatic carbocycles. The lowest BCUT2D eigenvalue weighted by Gasteiger charge is -2.25. The number of carbonyl (C=O) groups is 2. The van der Waals surface area contributed by atoms with Gasteiger partial charge in [-0.1, -0.05) is 6.07 Å². The van der Waals surface area contributed by atoms with Gasteiger partial charge in [-0.15, -0.1) is 0 Å². The van der Waals surface area contributed by atoms with Gasteiger partial charge in [-0.25, -0.2) is 9.59 Å². The molecule has 1 aromatic carbocycles. The molecule has 2 amide bonds. The minimum absolute atomic E-state index is 0.168. The van der Waals surface area contributed by atoms with Gasteiger partial charge in [0.25, 0.3) is 0 Å². The van der Waals surface area contributed by atoms with E-state index < -0.39 is 12.1 Å². The first-order valence-corrected chi connectivity index (χ1v) is 6.41. The number of fused-ring (bicyclic) bond motifs is 1. The van der Waals surface area contributed by atoms with Crippen LogP contribution in [0, 0.1) is 0 Å². The summed E-state index contributed by atoms with van der Waals surface area (Å²) in [5.74, 6) is -0.969. The molecule has 1 heterocycles. The van der Waals surface area contributed by atoms with Gasteiger partial charge in [-0.2, -0.15) is 0 Å². The third-order valence-electron chi connectivity index (χ3n) is 3.31. The Labute approximate surface area is 117 Å². The number of aliphatic hydroxyl groups excluding tert-OH is 1. The number of amides is 2. The van der Waals surface area contributed by atoms with Crippen molar-refractivity contribution >= 4 is 12.0 Å². The molecule has 0 fully saturated rings. The number of benzene rings is 1. The molecular formula is C14H18N2O4. The van der Waals surface area contributed by atoms with Crippen molar-refractivity contribution in [2.45, 2.75) is 26.1 Å². The highest BCUT2D eigenvalue weighted by molar-refractivity contribution is 5.88. The average molecular weight is 278 g/mol. The molecule has 1 atom stereocenters. The van der Waals surface area contributed by atoms with Crippen LogP contribution in [0.4, 0.5) is 4.79 Å². The number of hydrogen-bond acceptors (Lipinski definition) is 3. The van der Waals surface area contributed by atoms with Crippen molar-refractivity contribution in [3.8, 4) is 0 Å². The Balaban J connectivity index is 2.09. The summed E-state index contributed by atoms with van der Waals surface area (Å²) < 4.78 is 0. The maximum Gasteiger partial charge on any atom is 0.335 e. The summed E-state index contributed by atoms with van der Waals surface area (Å²) in [5, 5.41) is 18.3. The largest absolute Gasteiger partial charge is 0.478 e. The van der Waals surface area contributed by atoms with E-state index in [1.165, 1.54) is 4.90 Å². The predicted octanol–water partition coefficient (Wildman–Crippen LogP) is 1.13. The number of urea groups is 1. The smallest absolute Gasteiger partial charge is 0.335 e. The Kier molecular flexibility index (Phi) is 3.94. The number of rotatable bonds is 3. The summed E-state index contributed by atoms with van der Waals surface area (Å²) in [6.07, 6.45) is -0.576. The van der Waals surface area contributed by atoms with Crippen molar-refractivity contribution in [2.24, 2.45) is 0 Å². The minimum atomic E-state index is -0.969. The molecule has 0 spiro atoms. The number of carboxylic acids is 1. The fourth-order valence-corrected chi connectivity index (χ4v) is 2.38. The molecule has 108 valence electrons. The molecule has 2 N–H and O–H groups in total. The van der Waals surface area contributed by atoms with Crippen LogP contribution in [-0.4, -0.2) is 51.7 Å². The molecule has 6 heteroatoms. The molecule has 0 saturated heterocycles. The first kappa shape index (κ1) is 14.3. The third-order valence-corrected chi connectivity index (χ3v) is 3.31. The van der Waals surface area contributed by atoms with Crippen molar-refractivity contribution in [3.63, 3.8) is 0 Å². The Bertz CT molecular complexity index is 542. The van der Waals surface area contributed by atoms with Gasteiger partial charge < -0.3 is 20.0 Å². The third kappa shape index (κ3) is 2.91. The molecule has 0 aromatic heterocycles. The van der Waals surface area contributed by atoms with Crippen LogP contribution in [0.5, 0.6) is 0 Å². The maximum absolute atomic E-state index is 12.2. The molecule has 1 aliphatic rings. The van der Waals surface area contributed by atoms with E-state index in [1.807, 2.05) is 0 Å². The number of carbonyl (C=O) groups excluding carboxylic acids is 1. The van der Waals surface area contributed by atoms with Gasteiger partial charge in [0.05, 0.1) is 11.7 Å². The standard InChI is InChI=1S/C14H18N2O4/c1-9(17)6-15(2)14(20)16-7-11-4-3-10(13(18)19)5-12(11)8-16/h3-5,9,17H,6-8H2,1-2H3,(H,18,19). The zero-order valence-electron chi connectivity index (χ0n) is 11.5. The molecule has 0 saturated carbocycles. The lowest BCUT2D eigenvalue weighted by Crippen LogP contribution is -2.41. The summed E-state index contributed by atoms with van der Waals surface area (Å²) in [5.41, 5.74) is 2.06. The van der Waals surface area contributed by atoms with E-state index in [0.29, 0.717) is 13.1 Å². The first-order valence-electron chi connectivity index (χ1n) is 6.41. The van der Waals surface area contributed by atoms with E-state index in [-0.39, 0.29) is 18.1 Å². The van der Waals surface area contributed by atoms with Crippen molar-refractivity contribution < 1.29 is 19.8 Å². The highest BCUT2D eigenvalue weighted by Crippen LogP contribution is 2.24. The average Bonchev–Trinajstić information content (AvgIpc) is 2.79. The van der Waals surface area contributed by atoms with E-state index >= 15 is 0 Å². The van der Waals surface area contributed by atoms with Crippen LogP contribution in [0.15, 0.2) is 18.2 Å². The second kappa shape index (κ2) is 5.50. The van der Waals surface area contributed by atoms with Crippen molar-refractivity contribution in [3.05, 3.63) is 34.9 Å². The van der Waals surface area contributed by atoms with Crippen molar-refractivity contribution in [1.29, 1.82) is 0 Å². The molecule has 2 rings (SSSR count). The summed E-state index contributed by atoms with van der Waals surface area (Å²) in [6.45, 7) is 2.77. The highest BCUT2D eigenvalue weighted by atomic mass is 16.4. The van der Waals surface area contributed by atoms with Crippen LogP contribution in [-0.2, 0) is 13.1 Å². The first-order chi connectivity index (χ1) is 9.38. The Morgan fingerprint density at radius 2 is 2.00 bits per heavy atom. The van der Waals surface area contributed by atoms with Gasteiger partial charge in [0, 0.05) is 26.7 Å². The van der Waals surface area contributed by atoms with Crippen LogP contribution < -0.4 is 0 Å². The van der Waals surface area contributed by atoms with Crippen LogP contribution in [0.1, 0.15) is 28.4 Å². The van der Waals surface area contributed by atoms with E-state index in [2.05, 4.69) is 0 Å². The van der Waals surface area contributed by atoms with Gasteiger partial charge >= 0.3 is 12.0 Å². The van der Waals surface area contributed by atoms with Gasteiger partial charge in [-0.3, -0.25) is 0 Å². The zero-order valence-corrected chi connectivity index (χ0v) is 11.5. The molecule has 1 aromatic rings. The Morgan fingerprint density at radius 3 is 2.60 bits per heavy atom. The number of aromatic carboxylic acids is 1. The van der Waals surface area contributed by atoms with E-state index in [0.717, 1.165) is 11.1 Å². The summed E-state index contributed by atoms with van der Waals surface area (Å²) >= 11 is 0. The molecule has 0 radical (unpaired) electrons. The lowest BCUT2D eigenvalue weighted by atomic mass is 10.1. The monoisotopic (exact) mass is 278 g/mol. The maximum atomic E-state index is 12.2. The second-order valence-corrected chi connectivity index (χ2v) is 5.16. The summed E-state index contributed by atoms with van der Waals surface area (Å²) in [7, 11) is 1.64. The second-order valence-electron chi connectivity index (χ2n) is 5.16. The summed E-state index contributed by atoms with van der Waals surface area (Å²) in [4.78, 5) is 26.2. The fourth-order valence-electron chi connectivity index (χ4n) is 2.38. The van der Waals surface area contributed by atoms with Gasteiger partial charge in [0.1, 0.15) is 0 Å². The number of likely N-dealkylation sites (N-methyl/N-ethyl adjacent to an activating group) is 1. The number of hydrogen-bond donors (Lipinski definition) is 2. The van der Waals surface area contributed by atoms with Gasteiger partial charge in [-0.05, 0) is 30.2 Å². The molecular weight excluding hydrogens is 260 g/mol. The topological polar surface area (TPSA) is 81.1 Å². The van der Waals surface area contributed by atoms with Crippen molar-refractivity contribution in [1.82, 2.24) is 9.80 Å². The zero-order chi connectivity index (χ0) is 14.9. The van der Waals surface area contributed by atoms with Crippen LogP contribution in [0.2, 0.25) is 0 Å². The number of aliphatic hydroxyl groups is 1. The SMILES string of the molecule is CC(O)CN(C)C(=O)N1Cc2ccc(C(=O)O)cc2C1. The molecule has 0 bridgehead atoms. The highest BCUT2D eigenvalue weighted by Gasteiger charge is 2.26. The fraction of sp³-hybridized carbons (Fsp3) is 0.429. The normalized spacial score (nSPS) is 14.8. The van der Waals surface area contributed by atoms with Crippen molar-refractivity contribution in [2.75, 3.05) is 13.6 Å². The number of nitrogens with zero attached hydrogens (tertiary/aromatic N) is 2. The lowest BCUT2D eigenvalue weighted by molar-refractivity contribution is 0.0696. The van der Waals surface area contributed by atoms with Crippen LogP contribution in [0.25, 0.3) is 0 Å². The molecule has 1 unspecified atom stereocenters. The molecule has 1 aliphatic heterocycles. The Morgan fingerprint density at radius 1 is 1.35 bits per heavy atom. The summed E-state index contributed by atoms with van der Waals surface area (Å²) in [6, 6.07) is 4.74. The molecule has 6 nitrogen and oxygen atoms in total. The molecule has 20 heavy (non-hydrogen) atoms. The van der Waals surface area contributed by atoms with Crippen LogP contribution in [0.3, 0.4) is 0 Å². The Hall–Kier alpha value is -2.08. The van der Waals surface area contributed by atoms with Gasteiger partial charge in [0.15, 0.2) is 0 Å². The minimum Gasteiger partial charge on any atom is -0.478 e.